The first kappa shape index (κ1) is 12.2. The van der Waals surface area contributed by atoms with Crippen LogP contribution in [0, 0.1) is 0 Å². The van der Waals surface area contributed by atoms with Crippen LogP contribution in [0.5, 0.6) is 0 Å². The molecule has 1 N–H and O–H groups in total. The van der Waals surface area contributed by atoms with Gasteiger partial charge in [0.25, 0.3) is 0 Å². The molecular formula is H3BaO5PS. The molecule has 8 heteroatoms. The Morgan fingerprint density at radius 1 is 1.62 bits per heavy atom. The zero-order valence-electron chi connectivity index (χ0n) is 5.64. The van der Waals surface area contributed by atoms with Gasteiger partial charge in [-0.3, -0.25) is 0 Å². The molecule has 0 aromatic carbocycles. The van der Waals surface area contributed by atoms with Gasteiger partial charge in [-0.25, -0.2) is 4.55 Å². The van der Waals surface area contributed by atoms with Gasteiger partial charge in [0.05, 0.1) is 0 Å². The maximum Gasteiger partial charge on any atom is 2.00 e. The Hall–Kier alpha value is 1.54. The molecule has 0 aliphatic rings. The van der Waals surface area contributed by atoms with Crippen molar-refractivity contribution in [1.29, 1.82) is 0 Å². The third-order valence-electron chi connectivity index (χ3n) is 0.188. The number of hydrogen-bond donors (Lipinski definition) is 1. The van der Waals surface area contributed by atoms with Crippen molar-refractivity contribution in [1.82, 2.24) is 0 Å². The molecular weight excluding hydrogens is 280 g/mol. The predicted molar refractivity (Wildman–Crippen MR) is 27.1 cm³/mol. The first-order valence-corrected chi connectivity index (χ1v) is 4.29. The van der Waals surface area contributed by atoms with Crippen molar-refractivity contribution in [2.45, 2.75) is 0 Å². The fourth-order valence-corrected chi connectivity index (χ4v) is 0. The average Bonchev–Trinajstić information content (AvgIpc) is 1.31. The Morgan fingerprint density at radius 3 is 1.75 bits per heavy atom. The van der Waals surface area contributed by atoms with Crippen molar-refractivity contribution in [3.63, 3.8) is 0 Å². The fourth-order valence-electron chi connectivity index (χ4n) is 0. The van der Waals surface area contributed by atoms with Gasteiger partial charge in [0.2, 0.25) is 0 Å². The smallest absolute Gasteiger partial charge is 1.00 e. The summed E-state index contributed by atoms with van der Waals surface area (Å²) in [6.45, 7) is 0. The van der Waals surface area contributed by atoms with E-state index in [2.05, 4.69) is 0 Å². The third kappa shape index (κ3) is 5.67. The van der Waals surface area contributed by atoms with Gasteiger partial charge in [0.1, 0.15) is 0 Å². The van der Waals surface area contributed by atoms with Crippen molar-refractivity contribution in [3.8, 4) is 0 Å². The molecule has 0 heterocycles. The molecule has 1 unspecified atom stereocenters. The van der Waals surface area contributed by atoms with E-state index in [1.54, 1.807) is 0 Å². The molecule has 0 aromatic heterocycles. The SMILES string of the molecule is O=[P+]([O-])S(=O)(=O)O.[Ba+2].[H-].[H-]. The molecule has 46 valence electrons. The maximum absolute atomic E-state index is 9.29. The van der Waals surface area contributed by atoms with Gasteiger partial charge >= 0.3 is 65.8 Å². The summed E-state index contributed by atoms with van der Waals surface area (Å²) >= 11 is 0. The zero-order valence-corrected chi connectivity index (χ0v) is 9.79. The molecule has 5 nitrogen and oxygen atoms in total. The molecule has 0 spiro atoms. The number of rotatable bonds is 1. The van der Waals surface area contributed by atoms with Gasteiger partial charge in [0.15, 0.2) is 0 Å². The monoisotopic (exact) mass is 284 g/mol. The molecule has 0 radical (unpaired) electrons. The second-order valence-electron chi connectivity index (χ2n) is 0.671. The van der Waals surface area contributed by atoms with Gasteiger partial charge in [-0.2, -0.15) is 8.42 Å². The quantitative estimate of drug-likeness (QED) is 0.368. The molecule has 0 bridgehead atoms. The van der Waals surface area contributed by atoms with Crippen LogP contribution in [0.3, 0.4) is 0 Å². The van der Waals surface area contributed by atoms with E-state index in [9.17, 15) is 17.9 Å². The summed E-state index contributed by atoms with van der Waals surface area (Å²) in [5, 5.41) is 0. The maximum atomic E-state index is 9.29. The molecule has 1 atom stereocenters. The van der Waals surface area contributed by atoms with E-state index in [1.807, 2.05) is 0 Å². The fraction of sp³-hybridized carbons (Fsp3) is 0. The largest absolute Gasteiger partial charge is 2.00 e. The van der Waals surface area contributed by atoms with Crippen molar-refractivity contribution < 1.29 is 25.3 Å². The first-order valence-electron chi connectivity index (χ1n) is 1.06. The number of hydrogen-bond acceptors (Lipinski definition) is 4. The second kappa shape index (κ2) is 4.37. The molecule has 0 aliphatic heterocycles. The Balaban J connectivity index is -0.0000000600. The minimum atomic E-state index is -4.79. The van der Waals surface area contributed by atoms with E-state index in [-0.39, 0.29) is 51.7 Å². The summed E-state index contributed by atoms with van der Waals surface area (Å²) in [7, 11) is -8.50. The van der Waals surface area contributed by atoms with Crippen LogP contribution in [-0.4, -0.2) is 61.9 Å². The van der Waals surface area contributed by atoms with Crippen LogP contribution in [-0.2, 0) is 14.3 Å². The van der Waals surface area contributed by atoms with Crippen LogP contribution < -0.4 is 4.89 Å². The van der Waals surface area contributed by atoms with Crippen molar-refractivity contribution >= 4 is 65.8 Å². The van der Waals surface area contributed by atoms with E-state index < -0.39 is 17.0 Å². The normalized spacial score (nSPS) is 12.0. The average molecular weight is 283 g/mol. The Kier molecular flexibility index (Phi) is 6.69. The zero-order chi connectivity index (χ0) is 6.08. The van der Waals surface area contributed by atoms with Gasteiger partial charge in [-0.1, -0.05) is 4.57 Å². The van der Waals surface area contributed by atoms with Crippen molar-refractivity contribution in [2.24, 2.45) is 0 Å². The summed E-state index contributed by atoms with van der Waals surface area (Å²) in [5.74, 6) is 0. The van der Waals surface area contributed by atoms with E-state index in [1.165, 1.54) is 0 Å². The van der Waals surface area contributed by atoms with Crippen LogP contribution in [0.1, 0.15) is 2.85 Å². The summed E-state index contributed by atoms with van der Waals surface area (Å²) < 4.78 is 35.3. The van der Waals surface area contributed by atoms with Gasteiger partial charge in [-0.05, 0) is 0 Å². The van der Waals surface area contributed by atoms with Crippen LogP contribution >= 0.6 is 7.23 Å². The molecule has 8 heavy (non-hydrogen) atoms. The summed E-state index contributed by atoms with van der Waals surface area (Å²) in [6.07, 6.45) is 0. The molecule has 0 amide bonds. The molecule has 0 fully saturated rings. The van der Waals surface area contributed by atoms with E-state index in [0.29, 0.717) is 0 Å². The Bertz CT molecular complexity index is 174. The minimum Gasteiger partial charge on any atom is -1.00 e. The first-order chi connectivity index (χ1) is 2.94. The molecule has 0 saturated carbocycles. The minimum absolute atomic E-state index is 0. The second-order valence-corrected chi connectivity index (χ2v) is 4.29. The van der Waals surface area contributed by atoms with E-state index in [0.717, 1.165) is 0 Å². The summed E-state index contributed by atoms with van der Waals surface area (Å²) in [5.41, 5.74) is 0. The Morgan fingerprint density at radius 2 is 1.75 bits per heavy atom. The summed E-state index contributed by atoms with van der Waals surface area (Å²) in [4.78, 5) is 9.22. The van der Waals surface area contributed by atoms with Gasteiger partial charge in [0, 0.05) is 0 Å². The van der Waals surface area contributed by atoms with Crippen LogP contribution in [0.15, 0.2) is 0 Å². The third-order valence-corrected chi connectivity index (χ3v) is 1.70. The predicted octanol–water partition coefficient (Wildman–Crippen LogP) is -1.26. The summed E-state index contributed by atoms with van der Waals surface area (Å²) in [6, 6.07) is 0. The topological polar surface area (TPSA) is 94.5 Å². The van der Waals surface area contributed by atoms with Crippen LogP contribution in [0.2, 0.25) is 0 Å². The van der Waals surface area contributed by atoms with Crippen LogP contribution in [0.25, 0.3) is 0 Å². The van der Waals surface area contributed by atoms with Crippen LogP contribution in [0.4, 0.5) is 0 Å². The van der Waals surface area contributed by atoms with Gasteiger partial charge in [-0.15, -0.1) is 0 Å². The molecule has 0 aliphatic carbocycles. The van der Waals surface area contributed by atoms with Crippen molar-refractivity contribution in [3.05, 3.63) is 0 Å². The van der Waals surface area contributed by atoms with E-state index >= 15 is 0 Å². The molecule has 0 rings (SSSR count). The standard InChI is InChI=1S/Ba.HO5PS.2H/c;1-6(2)7(3,4)5;;/h;(H,3,4,5);;/q+2;;2*-1. The Labute approximate surface area is 89.9 Å². The van der Waals surface area contributed by atoms with E-state index in [4.69, 9.17) is 4.55 Å². The molecule has 0 saturated heterocycles. The van der Waals surface area contributed by atoms with Crippen molar-refractivity contribution in [2.75, 3.05) is 0 Å². The molecule has 0 aromatic rings. The van der Waals surface area contributed by atoms with Gasteiger partial charge < -0.3 is 7.75 Å².